The predicted molar refractivity (Wildman–Crippen MR) is 84.8 cm³/mol. The van der Waals surface area contributed by atoms with Crippen LogP contribution in [-0.2, 0) is 0 Å². The maximum absolute atomic E-state index is 3.39. The SMILES string of the molecule is C/C=C\C=C(/C)C(C)CNCC#CC1=CCCC=C1. The van der Waals surface area contributed by atoms with Crippen LogP contribution in [0.4, 0.5) is 0 Å². The molecule has 0 saturated heterocycles. The zero-order valence-electron chi connectivity index (χ0n) is 12.4. The van der Waals surface area contributed by atoms with Crippen molar-refractivity contribution in [2.75, 3.05) is 13.1 Å². The molecule has 0 radical (unpaired) electrons. The lowest BCUT2D eigenvalue weighted by atomic mass is 10.0. The quantitative estimate of drug-likeness (QED) is 0.444. The summed E-state index contributed by atoms with van der Waals surface area (Å²) in [4.78, 5) is 0. The maximum Gasteiger partial charge on any atom is 0.0580 e. The number of allylic oxidation sites excluding steroid dienone is 7. The van der Waals surface area contributed by atoms with Gasteiger partial charge < -0.3 is 5.32 Å². The Kier molecular flexibility index (Phi) is 7.70. The highest BCUT2D eigenvalue weighted by Crippen LogP contribution is 2.08. The van der Waals surface area contributed by atoms with E-state index in [0.29, 0.717) is 5.92 Å². The molecule has 0 aromatic heterocycles. The van der Waals surface area contributed by atoms with Gasteiger partial charge in [0, 0.05) is 12.1 Å². The van der Waals surface area contributed by atoms with Gasteiger partial charge in [-0.05, 0) is 32.6 Å². The summed E-state index contributed by atoms with van der Waals surface area (Å²) in [5.41, 5.74) is 2.56. The van der Waals surface area contributed by atoms with Gasteiger partial charge in [0.1, 0.15) is 0 Å². The zero-order chi connectivity index (χ0) is 13.9. The Morgan fingerprint density at radius 1 is 1.47 bits per heavy atom. The predicted octanol–water partition coefficient (Wildman–Crippen LogP) is 4.01. The molecular formula is C18H25N. The summed E-state index contributed by atoms with van der Waals surface area (Å²) in [6, 6.07) is 0. The van der Waals surface area contributed by atoms with Crippen LogP contribution in [0.3, 0.4) is 0 Å². The monoisotopic (exact) mass is 255 g/mol. The molecule has 1 atom stereocenters. The molecule has 19 heavy (non-hydrogen) atoms. The van der Waals surface area contributed by atoms with Crippen molar-refractivity contribution in [1.82, 2.24) is 5.32 Å². The van der Waals surface area contributed by atoms with Crippen LogP contribution in [0, 0.1) is 17.8 Å². The van der Waals surface area contributed by atoms with Crippen LogP contribution >= 0.6 is 0 Å². The highest BCUT2D eigenvalue weighted by molar-refractivity contribution is 5.39. The summed E-state index contributed by atoms with van der Waals surface area (Å²) in [5.74, 6) is 6.92. The van der Waals surface area contributed by atoms with E-state index in [1.165, 1.54) is 5.57 Å². The Balaban J connectivity index is 2.25. The first-order valence-corrected chi connectivity index (χ1v) is 7.09. The highest BCUT2D eigenvalue weighted by Gasteiger charge is 2.01. The molecule has 1 aliphatic rings. The van der Waals surface area contributed by atoms with Gasteiger partial charge in [0.2, 0.25) is 0 Å². The fraction of sp³-hybridized carbons (Fsp3) is 0.444. The number of hydrogen-bond donors (Lipinski definition) is 1. The van der Waals surface area contributed by atoms with Crippen LogP contribution in [0.25, 0.3) is 0 Å². The lowest BCUT2D eigenvalue weighted by molar-refractivity contribution is 0.602. The lowest BCUT2D eigenvalue weighted by Crippen LogP contribution is -2.22. The van der Waals surface area contributed by atoms with E-state index in [4.69, 9.17) is 0 Å². The Labute approximate surface area is 118 Å². The highest BCUT2D eigenvalue weighted by atomic mass is 14.8. The smallest absolute Gasteiger partial charge is 0.0580 e. The van der Waals surface area contributed by atoms with Crippen LogP contribution in [0.15, 0.2) is 47.6 Å². The van der Waals surface area contributed by atoms with Crippen LogP contribution < -0.4 is 5.32 Å². The fourth-order valence-corrected chi connectivity index (χ4v) is 1.78. The molecule has 102 valence electrons. The Hall–Kier alpha value is -1.52. The van der Waals surface area contributed by atoms with E-state index in [2.05, 4.69) is 67.5 Å². The molecular weight excluding hydrogens is 230 g/mol. The zero-order valence-corrected chi connectivity index (χ0v) is 12.4. The molecule has 0 fully saturated rings. The van der Waals surface area contributed by atoms with E-state index in [0.717, 1.165) is 31.5 Å². The Morgan fingerprint density at radius 3 is 3.00 bits per heavy atom. The minimum Gasteiger partial charge on any atom is -0.306 e. The summed E-state index contributed by atoms with van der Waals surface area (Å²) < 4.78 is 0. The second-order valence-electron chi connectivity index (χ2n) is 4.91. The van der Waals surface area contributed by atoms with Crippen molar-refractivity contribution in [2.45, 2.75) is 33.6 Å². The molecule has 1 aliphatic carbocycles. The molecule has 0 heterocycles. The molecule has 0 aromatic carbocycles. The number of nitrogens with one attached hydrogen (secondary N) is 1. The summed E-state index contributed by atoms with van der Waals surface area (Å²) in [7, 11) is 0. The van der Waals surface area contributed by atoms with Crippen LogP contribution in [0.1, 0.15) is 33.6 Å². The van der Waals surface area contributed by atoms with Crippen molar-refractivity contribution in [3.8, 4) is 11.8 Å². The van der Waals surface area contributed by atoms with E-state index in [9.17, 15) is 0 Å². The van der Waals surface area contributed by atoms with Crippen molar-refractivity contribution in [2.24, 2.45) is 5.92 Å². The molecule has 0 spiro atoms. The van der Waals surface area contributed by atoms with Crippen molar-refractivity contribution in [1.29, 1.82) is 0 Å². The average Bonchev–Trinajstić information content (AvgIpc) is 2.45. The Morgan fingerprint density at radius 2 is 2.32 bits per heavy atom. The Bertz CT molecular complexity index is 438. The van der Waals surface area contributed by atoms with Gasteiger partial charge in [0.15, 0.2) is 0 Å². The van der Waals surface area contributed by atoms with Crippen molar-refractivity contribution in [3.05, 3.63) is 47.6 Å². The van der Waals surface area contributed by atoms with Gasteiger partial charge in [-0.1, -0.05) is 60.8 Å². The second-order valence-corrected chi connectivity index (χ2v) is 4.91. The van der Waals surface area contributed by atoms with Gasteiger partial charge in [-0.25, -0.2) is 0 Å². The van der Waals surface area contributed by atoms with E-state index >= 15 is 0 Å². The molecule has 1 unspecified atom stereocenters. The van der Waals surface area contributed by atoms with Crippen LogP contribution in [0.2, 0.25) is 0 Å². The molecule has 1 heteroatoms. The maximum atomic E-state index is 3.39. The third-order valence-electron chi connectivity index (χ3n) is 3.22. The van der Waals surface area contributed by atoms with Crippen molar-refractivity contribution in [3.63, 3.8) is 0 Å². The minimum absolute atomic E-state index is 0.548. The van der Waals surface area contributed by atoms with Crippen molar-refractivity contribution < 1.29 is 0 Å². The first kappa shape index (κ1) is 15.5. The molecule has 0 saturated carbocycles. The number of rotatable bonds is 5. The van der Waals surface area contributed by atoms with Crippen LogP contribution in [-0.4, -0.2) is 13.1 Å². The first-order valence-electron chi connectivity index (χ1n) is 7.09. The standard InChI is InChI=1S/C18H25N/c1-4-5-10-16(2)17(3)15-19-14-9-13-18-11-7-6-8-12-18/h4-5,7,10-12,17,19H,6,8,14-15H2,1-3H3/b5-4-,16-10+. The molecule has 1 rings (SSSR count). The topological polar surface area (TPSA) is 12.0 Å². The van der Waals surface area contributed by atoms with E-state index in [1.54, 1.807) is 0 Å². The third kappa shape index (κ3) is 6.84. The number of hydrogen-bond acceptors (Lipinski definition) is 1. The molecule has 1 N–H and O–H groups in total. The summed E-state index contributed by atoms with van der Waals surface area (Å²) in [5, 5.41) is 3.39. The third-order valence-corrected chi connectivity index (χ3v) is 3.22. The second kappa shape index (κ2) is 9.42. The van der Waals surface area contributed by atoms with Crippen molar-refractivity contribution >= 4 is 0 Å². The first-order chi connectivity index (χ1) is 9.24. The summed E-state index contributed by atoms with van der Waals surface area (Å²) in [6.45, 7) is 8.18. The molecule has 0 aliphatic heterocycles. The van der Waals surface area contributed by atoms with Gasteiger partial charge >= 0.3 is 0 Å². The largest absolute Gasteiger partial charge is 0.306 e. The molecule has 1 nitrogen and oxygen atoms in total. The van der Waals surface area contributed by atoms with Gasteiger partial charge in [0.05, 0.1) is 6.54 Å². The van der Waals surface area contributed by atoms with E-state index < -0.39 is 0 Å². The fourth-order valence-electron chi connectivity index (χ4n) is 1.78. The molecule has 0 aromatic rings. The summed E-state index contributed by atoms with van der Waals surface area (Å²) in [6.07, 6.45) is 15.1. The van der Waals surface area contributed by atoms with E-state index in [1.807, 2.05) is 6.92 Å². The minimum atomic E-state index is 0.548. The van der Waals surface area contributed by atoms with Gasteiger partial charge in [-0.2, -0.15) is 0 Å². The lowest BCUT2D eigenvalue weighted by Gasteiger charge is -2.11. The van der Waals surface area contributed by atoms with Gasteiger partial charge in [-0.15, -0.1) is 0 Å². The van der Waals surface area contributed by atoms with E-state index in [-0.39, 0.29) is 0 Å². The van der Waals surface area contributed by atoms with Gasteiger partial charge in [0.25, 0.3) is 0 Å². The molecule has 0 bridgehead atoms. The normalized spacial score (nSPS) is 17.0. The average molecular weight is 255 g/mol. The summed E-state index contributed by atoms with van der Waals surface area (Å²) >= 11 is 0. The van der Waals surface area contributed by atoms with Gasteiger partial charge in [-0.3, -0.25) is 0 Å². The molecule has 0 amide bonds. The van der Waals surface area contributed by atoms with Crippen LogP contribution in [0.5, 0.6) is 0 Å².